The molecule has 0 saturated heterocycles. The van der Waals surface area contributed by atoms with Gasteiger partial charge in [-0.1, -0.05) is 28.9 Å². The van der Waals surface area contributed by atoms with Crippen LogP contribution in [0.25, 0.3) is 27.7 Å². The first-order chi connectivity index (χ1) is 18.1. The summed E-state index contributed by atoms with van der Waals surface area (Å²) in [5, 5.41) is 4.11. The van der Waals surface area contributed by atoms with E-state index in [1.54, 1.807) is 18.2 Å². The molecule has 5 aromatic rings. The number of benzene rings is 3. The molecule has 194 valence electrons. The van der Waals surface area contributed by atoms with Crippen molar-refractivity contribution >= 4 is 38.3 Å². The number of aromatic nitrogens is 2. The van der Waals surface area contributed by atoms with E-state index < -0.39 is 32.1 Å². The van der Waals surface area contributed by atoms with E-state index in [1.807, 2.05) is 6.92 Å². The van der Waals surface area contributed by atoms with Crippen molar-refractivity contribution in [3.8, 4) is 22.6 Å². The third-order valence-corrected chi connectivity index (χ3v) is 7.68. The average Bonchev–Trinajstić information content (AvgIpc) is 3.37. The third kappa shape index (κ3) is 4.50. The maximum Gasteiger partial charge on any atom is 0.266 e. The standard InChI is InChI=1S/C26H18ClF2N3O5S/c1-14-3-4-15(9-18(14)27)17-11-23(36-2)22(12-19(17)28)32-21-13-20(29)24(10-16(21)5-6-26(32)33)38(34,35)31-25-7-8-37-30-25/h3-13H,1-2H3,(H,30,31). The number of sulfonamides is 1. The summed E-state index contributed by atoms with van der Waals surface area (Å²) >= 11 is 6.21. The summed E-state index contributed by atoms with van der Waals surface area (Å²) in [6, 6.07) is 13.3. The van der Waals surface area contributed by atoms with Crippen LogP contribution in [0, 0.1) is 18.6 Å². The molecule has 0 fully saturated rings. The number of pyridine rings is 1. The molecule has 8 nitrogen and oxygen atoms in total. The van der Waals surface area contributed by atoms with Gasteiger partial charge in [-0.3, -0.25) is 14.1 Å². The zero-order valence-electron chi connectivity index (χ0n) is 19.8. The van der Waals surface area contributed by atoms with Gasteiger partial charge in [0.25, 0.3) is 15.6 Å². The van der Waals surface area contributed by atoms with E-state index in [9.17, 15) is 13.2 Å². The Kier molecular flexibility index (Phi) is 6.41. The monoisotopic (exact) mass is 557 g/mol. The highest BCUT2D eigenvalue weighted by Crippen LogP contribution is 2.35. The van der Waals surface area contributed by atoms with Gasteiger partial charge < -0.3 is 9.26 Å². The number of fused-ring (bicyclic) bond motifs is 1. The molecule has 0 radical (unpaired) electrons. The molecule has 0 aliphatic rings. The molecule has 1 N–H and O–H groups in total. The first-order valence-corrected chi connectivity index (χ1v) is 12.9. The van der Waals surface area contributed by atoms with Gasteiger partial charge >= 0.3 is 0 Å². The Hall–Kier alpha value is -4.22. The highest BCUT2D eigenvalue weighted by molar-refractivity contribution is 7.92. The SMILES string of the molecule is COc1cc(-c2ccc(C)c(Cl)c2)c(F)cc1-n1c(=O)ccc2cc(S(=O)(=O)Nc3ccon3)c(F)cc21. The van der Waals surface area contributed by atoms with Crippen LogP contribution in [0.15, 0.2) is 81.1 Å². The first-order valence-electron chi connectivity index (χ1n) is 11.0. The lowest BCUT2D eigenvalue weighted by atomic mass is 10.0. The maximum absolute atomic E-state index is 15.4. The van der Waals surface area contributed by atoms with Crippen molar-refractivity contribution in [1.29, 1.82) is 0 Å². The van der Waals surface area contributed by atoms with E-state index in [1.165, 1.54) is 25.3 Å². The summed E-state index contributed by atoms with van der Waals surface area (Å²) in [5.74, 6) is -1.83. The second-order valence-electron chi connectivity index (χ2n) is 8.31. The fraction of sp³-hybridized carbons (Fsp3) is 0.0769. The molecule has 0 bridgehead atoms. The lowest BCUT2D eigenvalue weighted by Gasteiger charge is -2.17. The fourth-order valence-electron chi connectivity index (χ4n) is 4.02. The lowest BCUT2D eigenvalue weighted by molar-refractivity contribution is 0.412. The average molecular weight is 558 g/mol. The molecule has 0 amide bonds. The normalized spacial score (nSPS) is 11.6. The quantitative estimate of drug-likeness (QED) is 0.287. The van der Waals surface area contributed by atoms with Crippen LogP contribution < -0.4 is 15.0 Å². The maximum atomic E-state index is 15.4. The largest absolute Gasteiger partial charge is 0.495 e. The number of ether oxygens (including phenoxy) is 1. The van der Waals surface area contributed by atoms with Crippen LogP contribution in [0.3, 0.4) is 0 Å². The number of nitrogens with zero attached hydrogens (tertiary/aromatic N) is 2. The Bertz CT molecular complexity index is 1870. The zero-order valence-corrected chi connectivity index (χ0v) is 21.4. The minimum absolute atomic E-state index is 0.000725. The zero-order chi connectivity index (χ0) is 27.2. The minimum Gasteiger partial charge on any atom is -0.495 e. The van der Waals surface area contributed by atoms with Crippen molar-refractivity contribution in [3.05, 3.63) is 99.5 Å². The van der Waals surface area contributed by atoms with Crippen LogP contribution in [0.1, 0.15) is 5.56 Å². The second-order valence-corrected chi connectivity index (χ2v) is 10.4. The summed E-state index contributed by atoms with van der Waals surface area (Å²) in [6.45, 7) is 1.82. The number of hydrogen-bond acceptors (Lipinski definition) is 6. The molecule has 2 aromatic heterocycles. The lowest BCUT2D eigenvalue weighted by Crippen LogP contribution is -2.20. The first kappa shape index (κ1) is 25.4. The molecule has 0 spiro atoms. The Morgan fingerprint density at radius 2 is 1.82 bits per heavy atom. The molecular formula is C26H18ClF2N3O5S. The van der Waals surface area contributed by atoms with Crippen molar-refractivity contribution in [2.24, 2.45) is 0 Å². The van der Waals surface area contributed by atoms with E-state index in [4.69, 9.17) is 16.3 Å². The van der Waals surface area contributed by atoms with Gasteiger partial charge in [-0.25, -0.2) is 17.2 Å². The number of methoxy groups -OCH3 is 1. The smallest absolute Gasteiger partial charge is 0.266 e. The van der Waals surface area contributed by atoms with Gasteiger partial charge in [-0.2, -0.15) is 0 Å². The van der Waals surface area contributed by atoms with Crippen LogP contribution in [0.5, 0.6) is 5.75 Å². The minimum atomic E-state index is -4.39. The number of aryl methyl sites for hydroxylation is 1. The van der Waals surface area contributed by atoms with Crippen LogP contribution in [-0.2, 0) is 10.0 Å². The predicted molar refractivity (Wildman–Crippen MR) is 139 cm³/mol. The number of nitrogens with one attached hydrogen (secondary N) is 1. The van der Waals surface area contributed by atoms with Crippen molar-refractivity contribution in [2.75, 3.05) is 11.8 Å². The van der Waals surface area contributed by atoms with Crippen LogP contribution in [-0.4, -0.2) is 25.3 Å². The number of anilines is 1. The molecule has 5 rings (SSSR count). The van der Waals surface area contributed by atoms with Gasteiger partial charge in [0.15, 0.2) is 5.82 Å². The number of halogens is 3. The van der Waals surface area contributed by atoms with Crippen LogP contribution in [0.2, 0.25) is 5.02 Å². The molecule has 0 saturated carbocycles. The molecule has 3 aromatic carbocycles. The topological polar surface area (TPSA) is 103 Å². The molecule has 2 heterocycles. The van der Waals surface area contributed by atoms with E-state index >= 15 is 8.78 Å². The van der Waals surface area contributed by atoms with Gasteiger partial charge in [0.2, 0.25) is 0 Å². The number of hydrogen-bond donors (Lipinski definition) is 1. The molecule has 0 aliphatic heterocycles. The van der Waals surface area contributed by atoms with E-state index in [0.717, 1.165) is 40.7 Å². The molecule has 0 atom stereocenters. The van der Waals surface area contributed by atoms with E-state index in [-0.39, 0.29) is 33.7 Å². The summed E-state index contributed by atoms with van der Waals surface area (Å²) in [5.41, 5.74) is 0.879. The molecule has 0 unspecified atom stereocenters. The fourth-order valence-corrected chi connectivity index (χ4v) is 5.28. The predicted octanol–water partition coefficient (Wildman–Crippen LogP) is 5.70. The molecule has 12 heteroatoms. The summed E-state index contributed by atoms with van der Waals surface area (Å²) in [7, 11) is -3.04. The summed E-state index contributed by atoms with van der Waals surface area (Å²) < 4.78 is 69.3. The summed E-state index contributed by atoms with van der Waals surface area (Å²) in [4.78, 5) is 12.3. The Morgan fingerprint density at radius 1 is 1.03 bits per heavy atom. The highest BCUT2D eigenvalue weighted by Gasteiger charge is 2.23. The van der Waals surface area contributed by atoms with Crippen molar-refractivity contribution in [2.45, 2.75) is 11.8 Å². The Morgan fingerprint density at radius 3 is 2.50 bits per heavy atom. The van der Waals surface area contributed by atoms with E-state index in [2.05, 4.69) is 14.4 Å². The second kappa shape index (κ2) is 9.58. The van der Waals surface area contributed by atoms with Gasteiger partial charge in [0.1, 0.15) is 28.5 Å². The number of rotatable bonds is 6. The van der Waals surface area contributed by atoms with Crippen LogP contribution >= 0.6 is 11.6 Å². The highest BCUT2D eigenvalue weighted by atomic mass is 35.5. The Labute approximate surface area is 220 Å². The Balaban J connectivity index is 1.68. The molecule has 0 aliphatic carbocycles. The van der Waals surface area contributed by atoms with Gasteiger partial charge in [0, 0.05) is 40.2 Å². The van der Waals surface area contributed by atoms with Crippen molar-refractivity contribution in [3.63, 3.8) is 0 Å². The van der Waals surface area contributed by atoms with Crippen LogP contribution in [0.4, 0.5) is 14.6 Å². The third-order valence-electron chi connectivity index (χ3n) is 5.91. The van der Waals surface area contributed by atoms with Gasteiger partial charge in [0.05, 0.1) is 18.3 Å². The summed E-state index contributed by atoms with van der Waals surface area (Å²) in [6.07, 6.45) is 1.15. The van der Waals surface area contributed by atoms with Crippen molar-refractivity contribution in [1.82, 2.24) is 9.72 Å². The van der Waals surface area contributed by atoms with Crippen molar-refractivity contribution < 1.29 is 26.5 Å². The molecular weight excluding hydrogens is 540 g/mol. The van der Waals surface area contributed by atoms with Gasteiger partial charge in [-0.05, 0) is 42.3 Å². The van der Waals surface area contributed by atoms with Gasteiger partial charge in [-0.15, -0.1) is 0 Å². The molecule has 38 heavy (non-hydrogen) atoms. The van der Waals surface area contributed by atoms with E-state index in [0.29, 0.717) is 10.6 Å².